The Bertz CT molecular complexity index is 650. The van der Waals surface area contributed by atoms with Crippen LogP contribution >= 0.6 is 0 Å². The Kier molecular flexibility index (Phi) is 8.02. The van der Waals surface area contributed by atoms with Crippen LogP contribution in [0.5, 0.6) is 0 Å². The molecule has 0 unspecified atom stereocenters. The highest BCUT2D eigenvalue weighted by Crippen LogP contribution is 2.32. The molecule has 2 aliphatic rings. The van der Waals surface area contributed by atoms with Crippen molar-refractivity contribution >= 4 is 5.97 Å². The number of likely N-dealkylation sites (tertiary alicyclic amines) is 1. The van der Waals surface area contributed by atoms with Gasteiger partial charge in [-0.3, -0.25) is 9.58 Å². The van der Waals surface area contributed by atoms with E-state index in [0.717, 1.165) is 25.9 Å². The minimum Gasteiger partial charge on any atom is -0.475 e. The van der Waals surface area contributed by atoms with Crippen LogP contribution in [0.4, 0.5) is 13.2 Å². The molecule has 0 saturated carbocycles. The van der Waals surface area contributed by atoms with Gasteiger partial charge < -0.3 is 14.6 Å². The fourth-order valence-corrected chi connectivity index (χ4v) is 3.48. The Morgan fingerprint density at radius 3 is 2.75 bits per heavy atom. The molecular formula is C18H26F3N3O4. The van der Waals surface area contributed by atoms with Gasteiger partial charge in [0.25, 0.3) is 0 Å². The summed E-state index contributed by atoms with van der Waals surface area (Å²) in [4.78, 5) is 11.4. The van der Waals surface area contributed by atoms with Crippen LogP contribution in [0.2, 0.25) is 0 Å². The van der Waals surface area contributed by atoms with Crippen LogP contribution < -0.4 is 0 Å². The van der Waals surface area contributed by atoms with Gasteiger partial charge in [-0.05, 0) is 19.3 Å². The largest absolute Gasteiger partial charge is 0.490 e. The van der Waals surface area contributed by atoms with Crippen LogP contribution in [0.25, 0.3) is 0 Å². The summed E-state index contributed by atoms with van der Waals surface area (Å²) in [6.07, 6.45) is 4.80. The molecule has 10 heteroatoms. The molecule has 2 fully saturated rings. The van der Waals surface area contributed by atoms with Crippen LogP contribution in [0, 0.1) is 0 Å². The Morgan fingerprint density at radius 2 is 2.18 bits per heavy atom. The summed E-state index contributed by atoms with van der Waals surface area (Å²) < 4.78 is 45.3. The monoisotopic (exact) mass is 405 g/mol. The zero-order valence-electron chi connectivity index (χ0n) is 15.8. The number of ether oxygens (including phenoxy) is 2. The number of rotatable bonds is 6. The van der Waals surface area contributed by atoms with Gasteiger partial charge in [-0.25, -0.2) is 4.79 Å². The third-order valence-electron chi connectivity index (χ3n) is 4.68. The van der Waals surface area contributed by atoms with Crippen molar-refractivity contribution in [1.29, 1.82) is 0 Å². The molecule has 2 saturated heterocycles. The van der Waals surface area contributed by atoms with Gasteiger partial charge in [0.2, 0.25) is 0 Å². The standard InChI is InChI=1S/C16H25N3O2.C2HF3O2/c1-3-8-20-12-14-4-5-15-16(21-14)6-7-19(15)11-13-9-17-18(2)10-13;3-2(4,5)1(6)7/h3,9-10,14-16H,1,4-8,11-12H2,2H3;(H,6,7)/t14-,15-,16-;/m1./s1. The molecule has 158 valence electrons. The van der Waals surface area contributed by atoms with E-state index in [-0.39, 0.29) is 6.10 Å². The number of carboxylic acid groups (broad SMARTS) is 1. The molecular weight excluding hydrogens is 379 g/mol. The van der Waals surface area contributed by atoms with Crippen molar-refractivity contribution in [3.05, 3.63) is 30.6 Å². The third kappa shape index (κ3) is 6.61. The zero-order valence-corrected chi connectivity index (χ0v) is 15.8. The van der Waals surface area contributed by atoms with Gasteiger partial charge in [0.05, 0.1) is 31.6 Å². The second-order valence-electron chi connectivity index (χ2n) is 6.85. The maximum absolute atomic E-state index is 10.6. The van der Waals surface area contributed by atoms with E-state index in [2.05, 4.69) is 22.8 Å². The maximum Gasteiger partial charge on any atom is 0.490 e. The van der Waals surface area contributed by atoms with Gasteiger partial charge in [0.15, 0.2) is 0 Å². The summed E-state index contributed by atoms with van der Waals surface area (Å²) in [6, 6.07) is 0.556. The van der Waals surface area contributed by atoms with Crippen molar-refractivity contribution in [3.8, 4) is 0 Å². The number of alkyl halides is 3. The van der Waals surface area contributed by atoms with Crippen LogP contribution in [-0.2, 0) is 27.9 Å². The molecule has 3 atom stereocenters. The number of hydrogen-bond acceptors (Lipinski definition) is 5. The Balaban J connectivity index is 0.000000345. The van der Waals surface area contributed by atoms with Gasteiger partial charge >= 0.3 is 12.1 Å². The fraction of sp³-hybridized carbons (Fsp3) is 0.667. The van der Waals surface area contributed by atoms with E-state index >= 15 is 0 Å². The molecule has 28 heavy (non-hydrogen) atoms. The molecule has 0 aliphatic carbocycles. The first-order chi connectivity index (χ1) is 13.2. The number of halogens is 3. The smallest absolute Gasteiger partial charge is 0.475 e. The molecule has 1 aromatic heterocycles. The van der Waals surface area contributed by atoms with Gasteiger partial charge in [-0.1, -0.05) is 6.08 Å². The predicted molar refractivity (Wildman–Crippen MR) is 94.6 cm³/mol. The molecule has 1 aromatic rings. The molecule has 2 aliphatic heterocycles. The minimum atomic E-state index is -5.08. The van der Waals surface area contributed by atoms with E-state index in [1.54, 1.807) is 6.08 Å². The normalized spacial score (nSPS) is 24.9. The summed E-state index contributed by atoms with van der Waals surface area (Å²) in [5, 5.41) is 11.4. The predicted octanol–water partition coefficient (Wildman–Crippen LogP) is 2.38. The van der Waals surface area contributed by atoms with E-state index in [1.165, 1.54) is 12.0 Å². The second-order valence-corrected chi connectivity index (χ2v) is 6.85. The van der Waals surface area contributed by atoms with E-state index < -0.39 is 12.1 Å². The van der Waals surface area contributed by atoms with E-state index in [4.69, 9.17) is 19.4 Å². The fourth-order valence-electron chi connectivity index (χ4n) is 3.48. The highest BCUT2D eigenvalue weighted by molar-refractivity contribution is 5.73. The van der Waals surface area contributed by atoms with Gasteiger partial charge in [-0.15, -0.1) is 6.58 Å². The molecule has 0 amide bonds. The summed E-state index contributed by atoms with van der Waals surface area (Å²) in [5.74, 6) is -2.76. The molecule has 1 N–H and O–H groups in total. The Labute approximate surface area is 161 Å². The van der Waals surface area contributed by atoms with Crippen LogP contribution in [-0.4, -0.2) is 69.9 Å². The number of carbonyl (C=O) groups is 1. The number of fused-ring (bicyclic) bond motifs is 1. The Morgan fingerprint density at radius 1 is 1.46 bits per heavy atom. The topological polar surface area (TPSA) is 76.8 Å². The quantitative estimate of drug-likeness (QED) is 0.579. The van der Waals surface area contributed by atoms with Crippen LogP contribution in [0.3, 0.4) is 0 Å². The van der Waals surface area contributed by atoms with E-state index in [9.17, 15) is 13.2 Å². The number of aromatic nitrogens is 2. The van der Waals surface area contributed by atoms with Gasteiger partial charge in [0, 0.05) is 37.9 Å². The lowest BCUT2D eigenvalue weighted by atomic mass is 9.99. The zero-order chi connectivity index (χ0) is 20.7. The van der Waals surface area contributed by atoms with Crippen LogP contribution in [0.15, 0.2) is 25.0 Å². The molecule has 0 bridgehead atoms. The van der Waals surface area contributed by atoms with E-state index in [1.807, 2.05) is 17.9 Å². The average molecular weight is 405 g/mol. The maximum atomic E-state index is 10.6. The first kappa shape index (κ1) is 22.4. The van der Waals surface area contributed by atoms with Crippen molar-refractivity contribution in [2.75, 3.05) is 19.8 Å². The summed E-state index contributed by atoms with van der Waals surface area (Å²) >= 11 is 0. The number of carboxylic acids is 1. The summed E-state index contributed by atoms with van der Waals surface area (Å²) in [7, 11) is 1.97. The molecule has 0 spiro atoms. The highest BCUT2D eigenvalue weighted by atomic mass is 19.4. The lowest BCUT2D eigenvalue weighted by Crippen LogP contribution is -2.43. The van der Waals surface area contributed by atoms with Crippen LogP contribution in [0.1, 0.15) is 24.8 Å². The number of hydrogen-bond donors (Lipinski definition) is 1. The van der Waals surface area contributed by atoms with Gasteiger partial charge in [-0.2, -0.15) is 18.3 Å². The van der Waals surface area contributed by atoms with Crippen molar-refractivity contribution in [2.24, 2.45) is 7.05 Å². The van der Waals surface area contributed by atoms with Crippen molar-refractivity contribution in [1.82, 2.24) is 14.7 Å². The highest BCUT2D eigenvalue weighted by Gasteiger charge is 2.40. The molecule has 0 radical (unpaired) electrons. The lowest BCUT2D eigenvalue weighted by molar-refractivity contribution is -0.192. The molecule has 3 heterocycles. The molecule has 3 rings (SSSR count). The third-order valence-corrected chi connectivity index (χ3v) is 4.68. The van der Waals surface area contributed by atoms with Crippen molar-refractivity contribution in [2.45, 2.75) is 50.2 Å². The lowest BCUT2D eigenvalue weighted by Gasteiger charge is -2.35. The van der Waals surface area contributed by atoms with E-state index in [0.29, 0.717) is 25.4 Å². The van der Waals surface area contributed by atoms with Crippen molar-refractivity contribution < 1.29 is 32.5 Å². The Hall–Kier alpha value is -1.91. The minimum absolute atomic E-state index is 0.254. The number of aliphatic carboxylic acids is 1. The van der Waals surface area contributed by atoms with Gasteiger partial charge in [0.1, 0.15) is 0 Å². The summed E-state index contributed by atoms with van der Waals surface area (Å²) in [5.41, 5.74) is 1.29. The first-order valence-corrected chi connectivity index (χ1v) is 9.06. The average Bonchev–Trinajstić information content (AvgIpc) is 3.21. The first-order valence-electron chi connectivity index (χ1n) is 9.06. The molecule has 0 aromatic carbocycles. The molecule has 7 nitrogen and oxygen atoms in total. The number of aryl methyl sites for hydroxylation is 1. The summed E-state index contributed by atoms with van der Waals surface area (Å²) in [6.45, 7) is 7.07. The SMILES string of the molecule is C=CCOC[C@H]1CC[C@@H]2[C@@H](CCN2Cc2cnn(C)c2)O1.O=C(O)C(F)(F)F. The van der Waals surface area contributed by atoms with Crippen molar-refractivity contribution in [3.63, 3.8) is 0 Å². The number of nitrogens with zero attached hydrogens (tertiary/aromatic N) is 3. The second kappa shape index (κ2) is 10.0.